The molecule has 1 heterocycles. The monoisotopic (exact) mass is 321 g/mol. The van der Waals surface area contributed by atoms with Crippen LogP contribution in [0.1, 0.15) is 6.42 Å². The Morgan fingerprint density at radius 1 is 1.26 bits per heavy atom. The Kier molecular flexibility index (Phi) is 4.50. The maximum absolute atomic E-state index is 11.8. The number of hydrogen-bond acceptors (Lipinski definition) is 7. The summed E-state index contributed by atoms with van der Waals surface area (Å²) in [7, 11) is 0. The number of aromatic nitrogens is 2. The Morgan fingerprint density at radius 3 is 2.57 bits per heavy atom. The fourth-order valence-corrected chi connectivity index (χ4v) is 1.74. The van der Waals surface area contributed by atoms with Gasteiger partial charge in [-0.2, -0.15) is 4.68 Å². The summed E-state index contributed by atoms with van der Waals surface area (Å²) in [6.45, 7) is 0.105. The van der Waals surface area contributed by atoms with Crippen molar-refractivity contribution in [3.05, 3.63) is 50.7 Å². The zero-order chi connectivity index (χ0) is 17.0. The molecule has 1 aromatic carbocycles. The van der Waals surface area contributed by atoms with Crippen molar-refractivity contribution in [2.75, 3.05) is 5.32 Å². The lowest BCUT2D eigenvalue weighted by Crippen LogP contribution is -2.15. The number of nitrogens with one attached hydrogen (secondary N) is 1. The van der Waals surface area contributed by atoms with E-state index in [1.807, 2.05) is 0 Å². The maximum Gasteiger partial charge on any atom is 0.389 e. The number of nitrogens with zero attached hydrogens (tertiary/aromatic N) is 4. The van der Waals surface area contributed by atoms with Gasteiger partial charge < -0.3 is 20.5 Å². The lowest BCUT2D eigenvalue weighted by Gasteiger charge is -2.06. The molecule has 2 rings (SSSR count). The van der Waals surface area contributed by atoms with Crippen molar-refractivity contribution in [1.29, 1.82) is 0 Å². The quantitative estimate of drug-likeness (QED) is 0.463. The molecular weight excluding hydrogens is 310 g/mol. The highest BCUT2D eigenvalue weighted by molar-refractivity contribution is 5.92. The van der Waals surface area contributed by atoms with Crippen molar-refractivity contribution in [2.45, 2.75) is 13.0 Å². The minimum atomic E-state index is -0.671. The average Bonchev–Trinajstić information content (AvgIpc) is 2.96. The van der Waals surface area contributed by atoms with Crippen LogP contribution in [0.25, 0.3) is 0 Å². The zero-order valence-electron chi connectivity index (χ0n) is 11.6. The second kappa shape index (κ2) is 6.51. The summed E-state index contributed by atoms with van der Waals surface area (Å²) in [5.74, 6) is -1.23. The van der Waals surface area contributed by atoms with Gasteiger partial charge in [0, 0.05) is 12.5 Å². The topological polar surface area (TPSA) is 153 Å². The third-order valence-electron chi connectivity index (χ3n) is 2.85. The standard InChI is InChI=1S/C12H11N5O6/c18-10-7-8(16(20)21)1-2-9(10)13-12(19)4-6-15-5-3-11(14-15)17(22)23/h1-3,5,7,18H,4,6H2,(H,13,19). The number of aryl methyl sites for hydroxylation is 1. The summed E-state index contributed by atoms with van der Waals surface area (Å²) < 4.78 is 1.24. The summed E-state index contributed by atoms with van der Waals surface area (Å²) in [4.78, 5) is 31.5. The van der Waals surface area contributed by atoms with Crippen LogP contribution in [0.2, 0.25) is 0 Å². The van der Waals surface area contributed by atoms with Crippen LogP contribution in [0.4, 0.5) is 17.2 Å². The molecule has 0 aliphatic rings. The van der Waals surface area contributed by atoms with E-state index in [9.17, 15) is 30.1 Å². The lowest BCUT2D eigenvalue weighted by atomic mass is 10.2. The Bertz CT molecular complexity index is 771. The summed E-state index contributed by atoms with van der Waals surface area (Å²) >= 11 is 0. The Morgan fingerprint density at radius 2 is 2.00 bits per heavy atom. The first kappa shape index (κ1) is 15.9. The van der Waals surface area contributed by atoms with Gasteiger partial charge in [0.2, 0.25) is 5.91 Å². The predicted molar refractivity (Wildman–Crippen MR) is 76.9 cm³/mol. The number of non-ortho nitro benzene ring substituents is 1. The number of nitro groups is 2. The molecule has 0 spiro atoms. The van der Waals surface area contributed by atoms with E-state index in [1.165, 1.54) is 23.0 Å². The van der Waals surface area contributed by atoms with Crippen LogP contribution in [-0.2, 0) is 11.3 Å². The first-order valence-corrected chi connectivity index (χ1v) is 6.32. The van der Waals surface area contributed by atoms with Gasteiger partial charge in [-0.15, -0.1) is 0 Å². The molecule has 11 heteroatoms. The molecule has 0 unspecified atom stereocenters. The number of nitro benzene ring substituents is 1. The van der Waals surface area contributed by atoms with E-state index in [1.54, 1.807) is 0 Å². The summed E-state index contributed by atoms with van der Waals surface area (Å²) in [5, 5.41) is 36.7. The molecule has 2 aromatic rings. The largest absolute Gasteiger partial charge is 0.506 e. The molecule has 1 aromatic heterocycles. The van der Waals surface area contributed by atoms with Gasteiger partial charge in [0.15, 0.2) is 0 Å². The van der Waals surface area contributed by atoms with Crippen molar-refractivity contribution in [3.63, 3.8) is 0 Å². The highest BCUT2D eigenvalue weighted by Crippen LogP contribution is 2.27. The Labute approximate surface area is 128 Å². The van der Waals surface area contributed by atoms with Gasteiger partial charge in [-0.05, 0) is 11.0 Å². The molecule has 0 atom stereocenters. The van der Waals surface area contributed by atoms with Gasteiger partial charge in [0.1, 0.15) is 5.75 Å². The van der Waals surface area contributed by atoms with Crippen LogP contribution in [-0.4, -0.2) is 30.6 Å². The van der Waals surface area contributed by atoms with E-state index < -0.39 is 21.5 Å². The van der Waals surface area contributed by atoms with Crippen LogP contribution in [0.5, 0.6) is 5.75 Å². The predicted octanol–water partition coefficient (Wildman–Crippen LogP) is 1.43. The zero-order valence-corrected chi connectivity index (χ0v) is 11.6. The fourth-order valence-electron chi connectivity index (χ4n) is 1.74. The second-order valence-electron chi connectivity index (χ2n) is 4.45. The second-order valence-corrected chi connectivity index (χ2v) is 4.45. The van der Waals surface area contributed by atoms with Crippen molar-refractivity contribution in [2.24, 2.45) is 0 Å². The van der Waals surface area contributed by atoms with Gasteiger partial charge in [0.05, 0.1) is 40.6 Å². The van der Waals surface area contributed by atoms with Gasteiger partial charge >= 0.3 is 5.82 Å². The number of amides is 1. The molecule has 23 heavy (non-hydrogen) atoms. The van der Waals surface area contributed by atoms with E-state index in [4.69, 9.17) is 0 Å². The van der Waals surface area contributed by atoms with E-state index in [0.29, 0.717) is 0 Å². The Hall–Kier alpha value is -3.50. The smallest absolute Gasteiger partial charge is 0.389 e. The van der Waals surface area contributed by atoms with Gasteiger partial charge in [0.25, 0.3) is 5.69 Å². The molecule has 0 aliphatic heterocycles. The van der Waals surface area contributed by atoms with Crippen LogP contribution in [0.15, 0.2) is 30.5 Å². The van der Waals surface area contributed by atoms with Gasteiger partial charge in [-0.25, -0.2) is 0 Å². The van der Waals surface area contributed by atoms with Crippen molar-refractivity contribution >= 4 is 23.1 Å². The third kappa shape index (κ3) is 4.00. The number of rotatable bonds is 6. The molecule has 2 N–H and O–H groups in total. The molecule has 1 amide bonds. The van der Waals surface area contributed by atoms with Crippen LogP contribution in [0, 0.1) is 20.2 Å². The maximum atomic E-state index is 11.8. The van der Waals surface area contributed by atoms with E-state index in [0.717, 1.165) is 12.1 Å². The van der Waals surface area contributed by atoms with Crippen LogP contribution < -0.4 is 5.32 Å². The molecule has 0 radical (unpaired) electrons. The molecular formula is C12H11N5O6. The van der Waals surface area contributed by atoms with Crippen molar-refractivity contribution < 1.29 is 19.7 Å². The summed E-state index contributed by atoms with van der Waals surface area (Å²) in [5.41, 5.74) is -0.267. The number of phenols is 1. The summed E-state index contributed by atoms with van der Waals surface area (Å²) in [6, 6.07) is 4.49. The molecule has 0 fully saturated rings. The van der Waals surface area contributed by atoms with Gasteiger partial charge in [-0.3, -0.25) is 14.9 Å². The first-order valence-electron chi connectivity index (χ1n) is 6.32. The van der Waals surface area contributed by atoms with Crippen LogP contribution >= 0.6 is 0 Å². The van der Waals surface area contributed by atoms with E-state index in [2.05, 4.69) is 10.4 Å². The number of phenolic OH excluding ortho intramolecular Hbond substituents is 1. The molecule has 0 saturated heterocycles. The minimum Gasteiger partial charge on any atom is -0.506 e. The molecule has 0 bridgehead atoms. The number of carbonyl (C=O) groups is 1. The number of aromatic hydroxyl groups is 1. The molecule has 0 saturated carbocycles. The number of benzene rings is 1. The average molecular weight is 321 g/mol. The van der Waals surface area contributed by atoms with E-state index >= 15 is 0 Å². The SMILES string of the molecule is O=C(CCn1ccc([N+](=O)[O-])n1)Nc1ccc([N+](=O)[O-])cc1O. The molecule has 120 valence electrons. The van der Waals surface area contributed by atoms with Crippen molar-refractivity contribution in [1.82, 2.24) is 9.78 Å². The highest BCUT2D eigenvalue weighted by atomic mass is 16.6. The normalized spacial score (nSPS) is 10.3. The van der Waals surface area contributed by atoms with Crippen molar-refractivity contribution in [3.8, 4) is 5.75 Å². The fraction of sp³-hybridized carbons (Fsp3) is 0.167. The molecule has 0 aliphatic carbocycles. The van der Waals surface area contributed by atoms with Crippen LogP contribution in [0.3, 0.4) is 0 Å². The summed E-state index contributed by atoms with van der Waals surface area (Å²) in [6.07, 6.45) is 1.32. The molecule has 11 nitrogen and oxygen atoms in total. The Balaban J connectivity index is 1.94. The number of hydrogen-bond donors (Lipinski definition) is 2. The minimum absolute atomic E-state index is 0.0343. The van der Waals surface area contributed by atoms with Gasteiger partial charge in [-0.1, -0.05) is 0 Å². The number of anilines is 1. The first-order chi connectivity index (χ1) is 10.9. The highest BCUT2D eigenvalue weighted by Gasteiger charge is 2.14. The van der Waals surface area contributed by atoms with E-state index in [-0.39, 0.29) is 30.2 Å². The third-order valence-corrected chi connectivity index (χ3v) is 2.85. The number of carbonyl (C=O) groups excluding carboxylic acids is 1. The lowest BCUT2D eigenvalue weighted by molar-refractivity contribution is -0.389.